The summed E-state index contributed by atoms with van der Waals surface area (Å²) in [5, 5.41) is 6.70. The average molecular weight is 494 g/mol. The van der Waals surface area contributed by atoms with Crippen molar-refractivity contribution in [3.63, 3.8) is 0 Å². The van der Waals surface area contributed by atoms with Gasteiger partial charge in [0.05, 0.1) is 12.2 Å². The molecule has 1 fully saturated rings. The maximum atomic E-state index is 4.32. The van der Waals surface area contributed by atoms with Gasteiger partial charge in [-0.1, -0.05) is 36.4 Å². The Hall–Kier alpha value is -1.71. The molecule has 2 aromatic rings. The Kier molecular flexibility index (Phi) is 10.2. The lowest BCUT2D eigenvalue weighted by atomic mass is 10.2. The van der Waals surface area contributed by atoms with E-state index in [0.29, 0.717) is 6.54 Å². The maximum Gasteiger partial charge on any atom is 0.191 e. The number of hydrogen-bond donors (Lipinski definition) is 2. The lowest BCUT2D eigenvalue weighted by Gasteiger charge is -2.34. The zero-order chi connectivity index (χ0) is 18.7. The second-order valence-corrected chi connectivity index (χ2v) is 6.78. The summed E-state index contributed by atoms with van der Waals surface area (Å²) in [5.74, 6) is 0.823. The SMILES string of the molecule is CN=C(NCCN1CCN(Cc2ccccc2)CC1)NCc1ccccn1.I. The van der Waals surface area contributed by atoms with Crippen LogP contribution in [0.3, 0.4) is 0 Å². The number of hydrogen-bond acceptors (Lipinski definition) is 4. The Morgan fingerprint density at radius 1 is 0.964 bits per heavy atom. The van der Waals surface area contributed by atoms with E-state index in [1.165, 1.54) is 5.56 Å². The van der Waals surface area contributed by atoms with Crippen LogP contribution in [0.15, 0.2) is 59.7 Å². The number of pyridine rings is 1. The molecule has 1 saturated heterocycles. The van der Waals surface area contributed by atoms with Crippen molar-refractivity contribution in [1.29, 1.82) is 0 Å². The van der Waals surface area contributed by atoms with Crippen molar-refractivity contribution < 1.29 is 0 Å². The van der Waals surface area contributed by atoms with Crippen LogP contribution >= 0.6 is 24.0 Å². The van der Waals surface area contributed by atoms with E-state index in [-0.39, 0.29) is 24.0 Å². The molecule has 1 aromatic heterocycles. The molecule has 7 heteroatoms. The second kappa shape index (κ2) is 12.7. The molecule has 0 spiro atoms. The minimum atomic E-state index is 0. The first-order valence-corrected chi connectivity index (χ1v) is 9.66. The summed E-state index contributed by atoms with van der Waals surface area (Å²) in [6.45, 7) is 8.14. The first kappa shape index (κ1) is 22.6. The van der Waals surface area contributed by atoms with Gasteiger partial charge in [-0.2, -0.15) is 0 Å². The van der Waals surface area contributed by atoms with Gasteiger partial charge in [-0.05, 0) is 17.7 Å². The van der Waals surface area contributed by atoms with Crippen molar-refractivity contribution >= 4 is 29.9 Å². The lowest BCUT2D eigenvalue weighted by molar-refractivity contribution is 0.129. The third kappa shape index (κ3) is 7.73. The first-order chi connectivity index (χ1) is 13.3. The number of benzene rings is 1. The number of halogens is 1. The van der Waals surface area contributed by atoms with E-state index in [4.69, 9.17) is 0 Å². The van der Waals surface area contributed by atoms with Crippen molar-refractivity contribution in [2.45, 2.75) is 13.1 Å². The van der Waals surface area contributed by atoms with Gasteiger partial charge >= 0.3 is 0 Å². The number of piperazine rings is 1. The highest BCUT2D eigenvalue weighted by molar-refractivity contribution is 14.0. The van der Waals surface area contributed by atoms with Gasteiger partial charge in [0.2, 0.25) is 0 Å². The summed E-state index contributed by atoms with van der Waals surface area (Å²) in [6, 6.07) is 16.7. The Balaban J connectivity index is 0.00000280. The predicted octanol–water partition coefficient (Wildman–Crippen LogP) is 2.18. The largest absolute Gasteiger partial charge is 0.355 e. The Morgan fingerprint density at radius 2 is 1.68 bits per heavy atom. The predicted molar refractivity (Wildman–Crippen MR) is 126 cm³/mol. The molecule has 0 atom stereocenters. The molecule has 1 aromatic carbocycles. The summed E-state index contributed by atoms with van der Waals surface area (Å²) in [5.41, 5.74) is 2.41. The molecule has 0 saturated carbocycles. The highest BCUT2D eigenvalue weighted by Gasteiger charge is 2.16. The number of aromatic nitrogens is 1. The van der Waals surface area contributed by atoms with Crippen LogP contribution < -0.4 is 10.6 Å². The molecule has 2 heterocycles. The highest BCUT2D eigenvalue weighted by Crippen LogP contribution is 2.07. The van der Waals surface area contributed by atoms with Crippen LogP contribution in [0.5, 0.6) is 0 Å². The van der Waals surface area contributed by atoms with Gasteiger partial charge in [-0.25, -0.2) is 0 Å². The fourth-order valence-electron chi connectivity index (χ4n) is 3.24. The lowest BCUT2D eigenvalue weighted by Crippen LogP contribution is -2.48. The van der Waals surface area contributed by atoms with Crippen molar-refractivity contribution in [1.82, 2.24) is 25.4 Å². The summed E-state index contributed by atoms with van der Waals surface area (Å²) in [4.78, 5) is 13.7. The maximum absolute atomic E-state index is 4.32. The Bertz CT molecular complexity index is 687. The molecule has 2 N–H and O–H groups in total. The molecule has 28 heavy (non-hydrogen) atoms. The standard InChI is InChI=1S/C21H30N6.HI/c1-22-21(25-17-20-9-5-6-10-23-20)24-11-12-26-13-15-27(16-14-26)18-19-7-3-2-4-8-19;/h2-10H,11-18H2,1H3,(H2,22,24,25);1H. The van der Waals surface area contributed by atoms with Crippen LogP contribution in [0.25, 0.3) is 0 Å². The summed E-state index contributed by atoms with van der Waals surface area (Å²) >= 11 is 0. The number of aliphatic imine (C=N–C) groups is 1. The van der Waals surface area contributed by atoms with E-state index in [1.807, 2.05) is 24.4 Å². The van der Waals surface area contributed by atoms with E-state index in [1.54, 1.807) is 7.05 Å². The van der Waals surface area contributed by atoms with Gasteiger partial charge in [0.25, 0.3) is 0 Å². The average Bonchev–Trinajstić information content (AvgIpc) is 2.73. The van der Waals surface area contributed by atoms with E-state index in [2.05, 4.69) is 60.7 Å². The van der Waals surface area contributed by atoms with Crippen LogP contribution in [0.4, 0.5) is 0 Å². The van der Waals surface area contributed by atoms with E-state index >= 15 is 0 Å². The van der Waals surface area contributed by atoms with E-state index in [9.17, 15) is 0 Å². The van der Waals surface area contributed by atoms with Crippen LogP contribution in [-0.2, 0) is 13.1 Å². The van der Waals surface area contributed by atoms with Crippen LogP contribution in [-0.4, -0.2) is 67.1 Å². The molecule has 1 aliphatic rings. The molecule has 6 nitrogen and oxygen atoms in total. The zero-order valence-corrected chi connectivity index (χ0v) is 18.9. The highest BCUT2D eigenvalue weighted by atomic mass is 127. The Morgan fingerprint density at radius 3 is 2.36 bits per heavy atom. The van der Waals surface area contributed by atoms with Gasteiger partial charge in [0.1, 0.15) is 0 Å². The number of guanidine groups is 1. The smallest absolute Gasteiger partial charge is 0.191 e. The molecule has 1 aliphatic heterocycles. The molecule has 152 valence electrons. The molecule has 0 amide bonds. The van der Waals surface area contributed by atoms with Crippen LogP contribution in [0, 0.1) is 0 Å². The topological polar surface area (TPSA) is 55.8 Å². The van der Waals surface area contributed by atoms with Gasteiger partial charge in [0, 0.05) is 59.1 Å². The fraction of sp³-hybridized carbons (Fsp3) is 0.429. The molecule has 0 aliphatic carbocycles. The van der Waals surface area contributed by atoms with E-state index in [0.717, 1.165) is 57.5 Å². The third-order valence-corrected chi connectivity index (χ3v) is 4.82. The van der Waals surface area contributed by atoms with Crippen LogP contribution in [0.1, 0.15) is 11.3 Å². The monoisotopic (exact) mass is 494 g/mol. The van der Waals surface area contributed by atoms with Gasteiger partial charge < -0.3 is 10.6 Å². The summed E-state index contributed by atoms with van der Waals surface area (Å²) in [6.07, 6.45) is 1.81. The van der Waals surface area contributed by atoms with Crippen molar-refractivity contribution in [2.24, 2.45) is 4.99 Å². The molecular weight excluding hydrogens is 463 g/mol. The van der Waals surface area contributed by atoms with Gasteiger partial charge in [0.15, 0.2) is 5.96 Å². The quantitative estimate of drug-likeness (QED) is 0.351. The minimum absolute atomic E-state index is 0. The van der Waals surface area contributed by atoms with Crippen molar-refractivity contribution in [3.8, 4) is 0 Å². The molecule has 0 unspecified atom stereocenters. The molecule has 3 rings (SSSR count). The number of nitrogens with zero attached hydrogens (tertiary/aromatic N) is 4. The van der Waals surface area contributed by atoms with Gasteiger partial charge in [-0.3, -0.25) is 19.8 Å². The van der Waals surface area contributed by atoms with E-state index < -0.39 is 0 Å². The fourth-order valence-corrected chi connectivity index (χ4v) is 3.24. The minimum Gasteiger partial charge on any atom is -0.355 e. The normalized spacial score (nSPS) is 15.7. The van der Waals surface area contributed by atoms with Gasteiger partial charge in [-0.15, -0.1) is 24.0 Å². The zero-order valence-electron chi connectivity index (χ0n) is 16.6. The Labute approximate surface area is 185 Å². The first-order valence-electron chi connectivity index (χ1n) is 9.66. The number of rotatable bonds is 7. The second-order valence-electron chi connectivity index (χ2n) is 6.78. The number of nitrogens with one attached hydrogen (secondary N) is 2. The summed E-state index contributed by atoms with van der Waals surface area (Å²) in [7, 11) is 1.80. The third-order valence-electron chi connectivity index (χ3n) is 4.82. The van der Waals surface area contributed by atoms with Crippen molar-refractivity contribution in [2.75, 3.05) is 46.3 Å². The van der Waals surface area contributed by atoms with Crippen molar-refractivity contribution in [3.05, 3.63) is 66.0 Å². The molecular formula is C21H31IN6. The summed E-state index contributed by atoms with van der Waals surface area (Å²) < 4.78 is 0. The van der Waals surface area contributed by atoms with Crippen LogP contribution in [0.2, 0.25) is 0 Å². The molecule has 0 bridgehead atoms. The molecule has 0 radical (unpaired) electrons.